The van der Waals surface area contributed by atoms with Crippen molar-refractivity contribution in [2.45, 2.75) is 190 Å². The summed E-state index contributed by atoms with van der Waals surface area (Å²) in [5.41, 5.74) is -1.16. The van der Waals surface area contributed by atoms with Crippen LogP contribution in [-0.2, 0) is 116 Å². The second-order valence-corrected chi connectivity index (χ2v) is 30.0. The number of carbonyl (C=O) groups excluding carboxylic acids is 3. The number of aliphatic hydroxyl groups excluding tert-OH is 8. The van der Waals surface area contributed by atoms with E-state index in [4.69, 9.17) is 79.0 Å². The minimum absolute atomic E-state index is 0.0402. The molecule has 0 radical (unpaired) electrons. The van der Waals surface area contributed by atoms with E-state index in [-0.39, 0.29) is 177 Å². The number of hydrogen-bond donors (Lipinski definition) is 15. The van der Waals surface area contributed by atoms with Gasteiger partial charge < -0.3 is 124 Å². The zero-order valence-electron chi connectivity index (χ0n) is 56.7. The van der Waals surface area contributed by atoms with Gasteiger partial charge in [0.2, 0.25) is 17.7 Å². The summed E-state index contributed by atoms with van der Waals surface area (Å²) in [5.74, 6) is -2.07. The third kappa shape index (κ3) is 33.9. The van der Waals surface area contributed by atoms with Gasteiger partial charge in [-0.2, -0.15) is 0 Å². The smallest absolute Gasteiger partial charge is 0.394 e. The standard InChI is InChI=1S/C56H107N3O37P4/c1-37(62)57-45-50(68)44-40(65)30-41(44)94-53(45)84-20-6-10-24-88-98(73,74)91-27-13-17-81-34-56(33-80-16-5-9-23-87-97(71,72)79-4,35-82-18-14-28-92-99(75,76)89-25-11-7-21-85-54-46(58-38(2)63)51(69)48(66)42(31-60)95-54)36-83-19-15-29-93-100(77,78)90-26-12-8-22-86-55-47(59-39(3)64)52(70)49(67)43(32-61)96-55/h40-55,60-61,65-70H,5-36H2,1-4H3,(H,57,62)(H,58,63)(H,59,64)(H,71,72)(H,73,74)(H,75,76)(H,77,78)/t40?,41-,42?,43?,44+,45?,46?,47?,48+,49+,50?,51?,52?,53-,54-,55-,56?/m1/s1. The van der Waals surface area contributed by atoms with Crippen LogP contribution >= 0.6 is 31.3 Å². The number of rotatable bonds is 56. The molecule has 15 N–H and O–H groups in total. The number of nitrogens with one attached hydrogen (secondary N) is 3. The topological polar surface area (TPSA) is 564 Å². The summed E-state index contributed by atoms with van der Waals surface area (Å²) < 4.78 is 149. The third-order valence-electron chi connectivity index (χ3n) is 15.7. The van der Waals surface area contributed by atoms with E-state index in [0.717, 1.165) is 7.11 Å². The lowest BCUT2D eigenvalue weighted by Crippen LogP contribution is -2.68. The summed E-state index contributed by atoms with van der Waals surface area (Å²) in [6, 6.07) is -3.24. The molecular weight excluding hydrogens is 1430 g/mol. The number of carbonyl (C=O) groups is 3. The Kier molecular flexibility index (Phi) is 42.6. The van der Waals surface area contributed by atoms with Crippen molar-refractivity contribution >= 4 is 49.0 Å². The summed E-state index contributed by atoms with van der Waals surface area (Å²) in [6.07, 6.45) is -11.7. The van der Waals surface area contributed by atoms with E-state index in [1.54, 1.807) is 0 Å². The molecule has 4 rings (SSSR count). The van der Waals surface area contributed by atoms with Crippen LogP contribution in [0.3, 0.4) is 0 Å². The number of amides is 3. The minimum atomic E-state index is -4.59. The van der Waals surface area contributed by atoms with Crippen LogP contribution in [0.4, 0.5) is 0 Å². The molecule has 3 heterocycles. The van der Waals surface area contributed by atoms with Gasteiger partial charge in [-0.15, -0.1) is 0 Å². The van der Waals surface area contributed by atoms with Gasteiger partial charge in [0, 0.05) is 86.5 Å². The molecule has 3 amide bonds. The molecule has 20 atom stereocenters. The first-order valence-corrected chi connectivity index (χ1v) is 39.0. The molecule has 0 aromatic rings. The second kappa shape index (κ2) is 47.0. The highest BCUT2D eigenvalue weighted by molar-refractivity contribution is 7.48. The van der Waals surface area contributed by atoms with Crippen molar-refractivity contribution in [3.8, 4) is 0 Å². The first kappa shape index (κ1) is 90.5. The highest BCUT2D eigenvalue weighted by atomic mass is 31.2. The van der Waals surface area contributed by atoms with Gasteiger partial charge in [-0.1, -0.05) is 0 Å². The van der Waals surface area contributed by atoms with Gasteiger partial charge in [-0.05, 0) is 70.6 Å². The Bertz CT molecular complexity index is 2430. The SMILES string of the molecule is COP(=O)(O)OCCCCOCC(COCCCOP(=O)(O)OCCCCO[C@@H]1OC(CO)[C@H](O)C(O)C1NC(C)=O)(COCCCOP(=O)(O)OCCCCO[C@@H]1OC(CO)[C@H](O)C(O)C1NC(C)=O)COCCCOP(=O)(O)OCCCCO[C@@H]1O[C@@H]2CC(O)[C@@H]2C(O)C1NC(C)=O. The molecule has 1 saturated carbocycles. The maximum atomic E-state index is 12.8. The molecule has 1 aliphatic carbocycles. The van der Waals surface area contributed by atoms with Crippen molar-refractivity contribution < 1.29 is 177 Å². The van der Waals surface area contributed by atoms with Crippen LogP contribution in [0.2, 0.25) is 0 Å². The summed E-state index contributed by atoms with van der Waals surface area (Å²) in [5, 5.41) is 88.9. The molecule has 0 bridgehead atoms. The number of phosphoric ester groups is 4. The lowest BCUT2D eigenvalue weighted by molar-refractivity contribution is -0.298. The fourth-order valence-corrected chi connectivity index (χ4v) is 13.3. The minimum Gasteiger partial charge on any atom is -0.394 e. The summed E-state index contributed by atoms with van der Waals surface area (Å²) in [7, 11) is -17.0. The number of hydrogen-bond acceptors (Lipinski definition) is 33. The van der Waals surface area contributed by atoms with Crippen molar-refractivity contribution in [1.29, 1.82) is 0 Å². The molecule has 44 heteroatoms. The molecule has 13 unspecified atom stereocenters. The van der Waals surface area contributed by atoms with E-state index in [1.807, 2.05) is 0 Å². The summed E-state index contributed by atoms with van der Waals surface area (Å²) >= 11 is 0. The highest BCUT2D eigenvalue weighted by Crippen LogP contribution is 2.46. The Hall–Kier alpha value is -1.87. The highest BCUT2D eigenvalue weighted by Gasteiger charge is 2.55. The molecule has 588 valence electrons. The first-order chi connectivity index (χ1) is 47.4. The van der Waals surface area contributed by atoms with Crippen molar-refractivity contribution in [2.75, 3.05) is 139 Å². The number of phosphoric acid groups is 4. The fourth-order valence-electron chi connectivity index (χ4n) is 10.4. The van der Waals surface area contributed by atoms with E-state index in [0.29, 0.717) is 19.3 Å². The van der Waals surface area contributed by atoms with Gasteiger partial charge in [0.05, 0.1) is 110 Å². The number of ether oxygens (including phenoxy) is 10. The average Bonchev–Trinajstić information content (AvgIpc) is 0.758. The molecule has 100 heavy (non-hydrogen) atoms. The predicted octanol–water partition coefficient (Wildman–Crippen LogP) is -1.60. The maximum Gasteiger partial charge on any atom is 0.472 e. The van der Waals surface area contributed by atoms with Crippen molar-refractivity contribution in [3.63, 3.8) is 0 Å². The van der Waals surface area contributed by atoms with Crippen LogP contribution in [0.15, 0.2) is 0 Å². The molecule has 3 saturated heterocycles. The number of aliphatic hydroxyl groups is 8. The molecule has 40 nitrogen and oxygen atoms in total. The summed E-state index contributed by atoms with van der Waals surface area (Å²) in [4.78, 5) is 76.1. The number of fused-ring (bicyclic) bond motifs is 1. The fraction of sp³-hybridized carbons (Fsp3) is 0.946. The molecule has 3 aliphatic heterocycles. The van der Waals surface area contributed by atoms with Gasteiger partial charge in [0.15, 0.2) is 18.9 Å². The van der Waals surface area contributed by atoms with Crippen LogP contribution < -0.4 is 16.0 Å². The normalized spacial score (nSPS) is 30.0. The third-order valence-corrected chi connectivity index (χ3v) is 19.7. The van der Waals surface area contributed by atoms with Gasteiger partial charge in [0.1, 0.15) is 54.7 Å². The van der Waals surface area contributed by atoms with Crippen LogP contribution in [-0.4, -0.2) is 309 Å². The Morgan fingerprint density at radius 2 is 0.680 bits per heavy atom. The molecular formula is C56H107N3O37P4. The van der Waals surface area contributed by atoms with Crippen molar-refractivity contribution in [1.82, 2.24) is 16.0 Å². The van der Waals surface area contributed by atoms with Crippen molar-refractivity contribution in [2.24, 2.45) is 11.3 Å². The Balaban J connectivity index is 1.29. The van der Waals surface area contributed by atoms with E-state index < -0.39 is 165 Å². The zero-order valence-corrected chi connectivity index (χ0v) is 60.3. The maximum absolute atomic E-state index is 12.8. The van der Waals surface area contributed by atoms with Crippen LogP contribution in [0.1, 0.15) is 97.8 Å². The lowest BCUT2D eigenvalue weighted by Gasteiger charge is -2.52. The molecule has 4 aliphatic rings. The van der Waals surface area contributed by atoms with Crippen LogP contribution in [0.5, 0.6) is 0 Å². The quantitative estimate of drug-likeness (QED) is 0.0241. The van der Waals surface area contributed by atoms with Crippen LogP contribution in [0, 0.1) is 11.3 Å². The van der Waals surface area contributed by atoms with E-state index in [9.17, 15) is 93.1 Å². The second-order valence-electron chi connectivity index (χ2n) is 24.1. The van der Waals surface area contributed by atoms with Gasteiger partial charge >= 0.3 is 31.3 Å². The predicted molar refractivity (Wildman–Crippen MR) is 339 cm³/mol. The lowest BCUT2D eigenvalue weighted by atomic mass is 9.71. The van der Waals surface area contributed by atoms with E-state index >= 15 is 0 Å². The largest absolute Gasteiger partial charge is 0.472 e. The molecule has 0 aromatic carbocycles. The number of unbranched alkanes of at least 4 members (excludes halogenated alkanes) is 4. The van der Waals surface area contributed by atoms with E-state index in [2.05, 4.69) is 20.5 Å². The van der Waals surface area contributed by atoms with Crippen molar-refractivity contribution in [3.05, 3.63) is 0 Å². The van der Waals surface area contributed by atoms with Crippen LogP contribution in [0.25, 0.3) is 0 Å². The van der Waals surface area contributed by atoms with Gasteiger partial charge in [-0.25, -0.2) is 18.3 Å². The molecule has 0 spiro atoms. The Labute approximate surface area is 580 Å². The zero-order chi connectivity index (χ0) is 73.9. The first-order valence-electron chi connectivity index (χ1n) is 33.0. The molecule has 0 aromatic heterocycles. The Morgan fingerprint density at radius 1 is 0.400 bits per heavy atom. The monoisotopic (exact) mass is 1540 g/mol. The van der Waals surface area contributed by atoms with Gasteiger partial charge in [-0.3, -0.25) is 50.6 Å². The average molecular weight is 1540 g/mol. The van der Waals surface area contributed by atoms with Gasteiger partial charge in [0.25, 0.3) is 0 Å². The van der Waals surface area contributed by atoms with E-state index in [1.165, 1.54) is 20.8 Å². The Morgan fingerprint density at radius 3 is 0.990 bits per heavy atom. The summed E-state index contributed by atoms with van der Waals surface area (Å²) in [6.45, 7) is -0.0969. The molecule has 4 fully saturated rings.